The summed E-state index contributed by atoms with van der Waals surface area (Å²) in [7, 11) is 2.17. The number of likely N-dealkylation sites (N-methyl/N-ethyl adjacent to an activating group) is 1. The first kappa shape index (κ1) is 29.0. The Hall–Kier alpha value is -3.47. The van der Waals surface area contributed by atoms with Gasteiger partial charge >= 0.3 is 10.2 Å². The number of rotatable bonds is 8. The van der Waals surface area contributed by atoms with Gasteiger partial charge in [-0.2, -0.15) is 12.7 Å². The predicted molar refractivity (Wildman–Crippen MR) is 161 cm³/mol. The Morgan fingerprint density at radius 3 is 2.49 bits per heavy atom. The maximum Gasteiger partial charge on any atom is 0.303 e. The average Bonchev–Trinajstić information content (AvgIpc) is 3.17. The third-order valence-corrected chi connectivity index (χ3v) is 9.61. The average molecular weight is 579 g/mol. The monoisotopic (exact) mass is 578 g/mol. The number of fused-ring (bicyclic) bond motifs is 5. The SMILES string of the molecule is COCCN(C)C(=O)C1=Cc2ccccc2-c2c(C3CCCCC3)c3ccc(C(=O)NS(=O)(=O)N(C)C)cc3n2C1. The Balaban J connectivity index is 1.71. The number of aromatic nitrogens is 1. The lowest BCUT2D eigenvalue weighted by Crippen LogP contribution is -2.39. The van der Waals surface area contributed by atoms with Gasteiger partial charge in [0.2, 0.25) is 0 Å². The molecular weight excluding hydrogens is 540 g/mol. The van der Waals surface area contributed by atoms with Crippen molar-refractivity contribution in [2.75, 3.05) is 41.4 Å². The van der Waals surface area contributed by atoms with Crippen molar-refractivity contribution >= 4 is 39.0 Å². The van der Waals surface area contributed by atoms with Crippen LogP contribution in [-0.4, -0.2) is 75.4 Å². The summed E-state index contributed by atoms with van der Waals surface area (Å²) in [6, 6.07) is 13.5. The zero-order chi connectivity index (χ0) is 29.3. The Kier molecular flexibility index (Phi) is 8.35. The van der Waals surface area contributed by atoms with Crippen LogP contribution in [0.5, 0.6) is 0 Å². The minimum Gasteiger partial charge on any atom is -0.383 e. The van der Waals surface area contributed by atoms with Gasteiger partial charge in [0.25, 0.3) is 11.8 Å². The number of hydrogen-bond donors (Lipinski definition) is 1. The summed E-state index contributed by atoms with van der Waals surface area (Å²) < 4.78 is 35.2. The molecule has 2 heterocycles. The van der Waals surface area contributed by atoms with Crippen molar-refractivity contribution in [2.45, 2.75) is 44.6 Å². The first-order chi connectivity index (χ1) is 19.6. The molecule has 1 saturated carbocycles. The molecular formula is C31H38N4O5S. The molecule has 1 fully saturated rings. The van der Waals surface area contributed by atoms with Crippen molar-refractivity contribution in [3.05, 3.63) is 64.7 Å². The molecule has 0 radical (unpaired) electrons. The van der Waals surface area contributed by atoms with E-state index in [2.05, 4.69) is 15.4 Å². The quantitative estimate of drug-likeness (QED) is 0.427. The standard InChI is InChI=1S/C31H38N4O5S/c1-33(2)41(38,39)32-30(36)23-14-15-26-27(19-23)35-20-24(31(37)34(3)16-17-40-4)18-22-12-8-9-13-25(22)29(35)28(26)21-10-6-5-7-11-21/h8-9,12-15,18-19,21H,5-7,10-11,16-17,20H2,1-4H3,(H,32,36). The lowest BCUT2D eigenvalue weighted by Gasteiger charge is -2.24. The highest BCUT2D eigenvalue weighted by molar-refractivity contribution is 7.87. The van der Waals surface area contributed by atoms with Gasteiger partial charge in [-0.3, -0.25) is 9.59 Å². The van der Waals surface area contributed by atoms with Crippen molar-refractivity contribution in [3.63, 3.8) is 0 Å². The summed E-state index contributed by atoms with van der Waals surface area (Å²) in [5, 5.41) is 1.04. The number of methoxy groups -OCH3 is 1. The van der Waals surface area contributed by atoms with E-state index >= 15 is 0 Å². The normalized spacial score (nSPS) is 15.7. The molecule has 41 heavy (non-hydrogen) atoms. The second kappa shape index (κ2) is 11.8. The smallest absolute Gasteiger partial charge is 0.303 e. The number of nitrogens with zero attached hydrogens (tertiary/aromatic N) is 3. The van der Waals surface area contributed by atoms with Crippen molar-refractivity contribution in [1.82, 2.24) is 18.5 Å². The first-order valence-electron chi connectivity index (χ1n) is 14.1. The van der Waals surface area contributed by atoms with E-state index in [9.17, 15) is 18.0 Å². The Morgan fingerprint density at radius 2 is 1.78 bits per heavy atom. The topological polar surface area (TPSA) is 101 Å². The second-order valence-corrected chi connectivity index (χ2v) is 13.0. The summed E-state index contributed by atoms with van der Waals surface area (Å²) in [5.41, 5.74) is 6.02. The van der Waals surface area contributed by atoms with Gasteiger partial charge in [-0.25, -0.2) is 4.72 Å². The highest BCUT2D eigenvalue weighted by Crippen LogP contribution is 2.46. The fourth-order valence-electron chi connectivity index (χ4n) is 5.99. The highest BCUT2D eigenvalue weighted by Gasteiger charge is 2.31. The molecule has 0 unspecified atom stereocenters. The van der Waals surface area contributed by atoms with Crippen LogP contribution in [0.15, 0.2) is 48.0 Å². The van der Waals surface area contributed by atoms with E-state index in [1.165, 1.54) is 26.1 Å². The van der Waals surface area contributed by atoms with Crippen LogP contribution in [0.25, 0.3) is 28.2 Å². The Labute approximate surface area is 241 Å². The van der Waals surface area contributed by atoms with E-state index in [4.69, 9.17) is 4.74 Å². The van der Waals surface area contributed by atoms with Gasteiger partial charge in [0.15, 0.2) is 0 Å². The maximum absolute atomic E-state index is 13.7. The lowest BCUT2D eigenvalue weighted by atomic mass is 9.81. The Morgan fingerprint density at radius 1 is 1.05 bits per heavy atom. The molecule has 1 aliphatic heterocycles. The first-order valence-corrected chi connectivity index (χ1v) is 15.5. The number of carbonyl (C=O) groups excluding carboxylic acids is 2. The molecule has 218 valence electrons. The fraction of sp³-hybridized carbons (Fsp3) is 0.419. The molecule has 1 aromatic heterocycles. The van der Waals surface area contributed by atoms with Crippen LogP contribution in [0.2, 0.25) is 0 Å². The number of hydrogen-bond acceptors (Lipinski definition) is 5. The molecule has 3 aromatic rings. The van der Waals surface area contributed by atoms with Crippen LogP contribution >= 0.6 is 0 Å². The fourth-order valence-corrected chi connectivity index (χ4v) is 6.53. The van der Waals surface area contributed by atoms with Gasteiger partial charge in [-0.05, 0) is 48.1 Å². The van der Waals surface area contributed by atoms with E-state index < -0.39 is 16.1 Å². The molecule has 0 bridgehead atoms. The molecule has 2 aliphatic rings. The minimum atomic E-state index is -3.95. The third kappa shape index (κ3) is 5.68. The summed E-state index contributed by atoms with van der Waals surface area (Å²) in [6.45, 7) is 1.22. The van der Waals surface area contributed by atoms with Crippen LogP contribution in [0.4, 0.5) is 0 Å². The molecule has 1 aliphatic carbocycles. The van der Waals surface area contributed by atoms with Crippen molar-refractivity contribution < 1.29 is 22.7 Å². The van der Waals surface area contributed by atoms with Gasteiger partial charge in [-0.1, -0.05) is 49.6 Å². The molecule has 0 saturated heterocycles. The van der Waals surface area contributed by atoms with Gasteiger partial charge in [-0.15, -0.1) is 0 Å². The number of carbonyl (C=O) groups is 2. The maximum atomic E-state index is 13.7. The van der Waals surface area contributed by atoms with E-state index in [0.717, 1.165) is 57.7 Å². The van der Waals surface area contributed by atoms with Crippen LogP contribution in [0, 0.1) is 0 Å². The molecule has 2 amide bonds. The van der Waals surface area contributed by atoms with Gasteiger partial charge in [0, 0.05) is 62.4 Å². The lowest BCUT2D eigenvalue weighted by molar-refractivity contribution is -0.126. The van der Waals surface area contributed by atoms with Crippen LogP contribution in [0.1, 0.15) is 59.5 Å². The molecule has 9 nitrogen and oxygen atoms in total. The predicted octanol–water partition coefficient (Wildman–Crippen LogP) is 4.39. The number of nitrogens with one attached hydrogen (secondary N) is 1. The third-order valence-electron chi connectivity index (χ3n) is 8.21. The van der Waals surface area contributed by atoms with E-state index in [-0.39, 0.29) is 11.5 Å². The van der Waals surface area contributed by atoms with Gasteiger partial charge < -0.3 is 14.2 Å². The Bertz CT molecular complexity index is 1620. The molecule has 0 spiro atoms. The number of amides is 2. The summed E-state index contributed by atoms with van der Waals surface area (Å²) in [5.74, 6) is -0.432. The zero-order valence-electron chi connectivity index (χ0n) is 24.1. The van der Waals surface area contributed by atoms with Crippen molar-refractivity contribution in [3.8, 4) is 11.3 Å². The molecule has 1 N–H and O–H groups in total. The number of ether oxygens (including phenoxy) is 1. The van der Waals surface area contributed by atoms with Crippen LogP contribution in [0.3, 0.4) is 0 Å². The summed E-state index contributed by atoms with van der Waals surface area (Å²) in [4.78, 5) is 28.4. The van der Waals surface area contributed by atoms with E-state index in [0.29, 0.717) is 31.2 Å². The number of benzene rings is 2. The van der Waals surface area contributed by atoms with Crippen molar-refractivity contribution in [2.24, 2.45) is 0 Å². The molecule has 0 atom stereocenters. The second-order valence-electron chi connectivity index (χ2n) is 11.1. The van der Waals surface area contributed by atoms with Crippen molar-refractivity contribution in [1.29, 1.82) is 0 Å². The van der Waals surface area contributed by atoms with Crippen LogP contribution < -0.4 is 4.72 Å². The minimum absolute atomic E-state index is 0.0863. The molecule has 10 heteroatoms. The largest absolute Gasteiger partial charge is 0.383 e. The van der Waals surface area contributed by atoms with Gasteiger partial charge in [0.1, 0.15) is 0 Å². The summed E-state index contributed by atoms with van der Waals surface area (Å²) >= 11 is 0. The van der Waals surface area contributed by atoms with E-state index in [1.807, 2.05) is 30.3 Å². The summed E-state index contributed by atoms with van der Waals surface area (Å²) in [6.07, 6.45) is 7.68. The van der Waals surface area contributed by atoms with E-state index in [1.54, 1.807) is 31.2 Å². The zero-order valence-corrected chi connectivity index (χ0v) is 25.0. The molecule has 2 aromatic carbocycles. The highest BCUT2D eigenvalue weighted by atomic mass is 32.2. The van der Waals surface area contributed by atoms with Gasteiger partial charge in [0.05, 0.1) is 18.8 Å². The molecule has 5 rings (SSSR count). The van der Waals surface area contributed by atoms with Crippen LogP contribution in [-0.2, 0) is 26.3 Å².